The molecule has 4 heteroatoms. The van der Waals surface area contributed by atoms with Crippen molar-refractivity contribution >= 4 is 17.3 Å². The minimum Gasteiger partial charge on any atom is -0.369 e. The van der Waals surface area contributed by atoms with Gasteiger partial charge in [-0.2, -0.15) is 0 Å². The number of nitrogens with zero attached hydrogens (tertiary/aromatic N) is 2. The Kier molecular flexibility index (Phi) is 5.87. The molecule has 0 atom stereocenters. The molecule has 0 aliphatic carbocycles. The van der Waals surface area contributed by atoms with E-state index in [9.17, 15) is 4.79 Å². The fourth-order valence-corrected chi connectivity index (χ4v) is 2.84. The average Bonchev–Trinajstić information content (AvgIpc) is 2.69. The Morgan fingerprint density at radius 2 is 1.70 bits per heavy atom. The first-order chi connectivity index (χ1) is 13.0. The summed E-state index contributed by atoms with van der Waals surface area (Å²) < 4.78 is 0. The summed E-state index contributed by atoms with van der Waals surface area (Å²) in [7, 11) is 2.01. The van der Waals surface area contributed by atoms with Crippen molar-refractivity contribution in [1.29, 1.82) is 0 Å². The van der Waals surface area contributed by atoms with E-state index in [1.807, 2.05) is 55.6 Å². The quantitative estimate of drug-likeness (QED) is 0.666. The summed E-state index contributed by atoms with van der Waals surface area (Å²) in [6, 6.07) is 21.9. The number of hydrogen-bond donors (Lipinski definition) is 1. The molecule has 3 aromatic rings. The predicted molar refractivity (Wildman–Crippen MR) is 111 cm³/mol. The first kappa shape index (κ1) is 18.6. The van der Waals surface area contributed by atoms with E-state index in [1.165, 1.54) is 11.1 Å². The van der Waals surface area contributed by atoms with Crippen LogP contribution in [0.5, 0.6) is 0 Å². The summed E-state index contributed by atoms with van der Waals surface area (Å²) in [6.45, 7) is 5.08. The van der Waals surface area contributed by atoms with Crippen LogP contribution in [0, 0.1) is 0 Å². The van der Waals surface area contributed by atoms with E-state index >= 15 is 0 Å². The minimum atomic E-state index is -0.204. The molecule has 138 valence electrons. The van der Waals surface area contributed by atoms with Crippen LogP contribution in [-0.2, 0) is 6.54 Å². The Morgan fingerprint density at radius 3 is 2.30 bits per heavy atom. The van der Waals surface area contributed by atoms with Crippen LogP contribution in [0.4, 0.5) is 11.4 Å². The Morgan fingerprint density at radius 1 is 1.00 bits per heavy atom. The zero-order valence-corrected chi connectivity index (χ0v) is 16.0. The van der Waals surface area contributed by atoms with Crippen LogP contribution >= 0.6 is 0 Å². The average molecular weight is 359 g/mol. The van der Waals surface area contributed by atoms with Crippen LogP contribution in [0.3, 0.4) is 0 Å². The first-order valence-corrected chi connectivity index (χ1v) is 9.15. The molecule has 0 spiro atoms. The molecule has 0 bridgehead atoms. The molecule has 0 aliphatic rings. The van der Waals surface area contributed by atoms with E-state index in [1.54, 1.807) is 12.3 Å². The lowest BCUT2D eigenvalue weighted by Gasteiger charge is -2.19. The third-order valence-electron chi connectivity index (χ3n) is 4.52. The van der Waals surface area contributed by atoms with Gasteiger partial charge in [0.05, 0.1) is 11.9 Å². The highest BCUT2D eigenvalue weighted by molar-refractivity contribution is 6.02. The molecular formula is C23H25N3O. The van der Waals surface area contributed by atoms with Gasteiger partial charge in [-0.1, -0.05) is 56.3 Å². The van der Waals surface area contributed by atoms with Crippen molar-refractivity contribution in [3.8, 4) is 0 Å². The summed E-state index contributed by atoms with van der Waals surface area (Å²) in [5.41, 5.74) is 4.62. The fraction of sp³-hybridized carbons (Fsp3) is 0.217. The molecule has 4 nitrogen and oxygen atoms in total. The van der Waals surface area contributed by atoms with E-state index in [-0.39, 0.29) is 5.91 Å². The lowest BCUT2D eigenvalue weighted by atomic mass is 10.0. The number of aromatic nitrogens is 1. The van der Waals surface area contributed by atoms with Gasteiger partial charge in [0, 0.05) is 19.3 Å². The molecule has 3 rings (SSSR count). The summed E-state index contributed by atoms with van der Waals surface area (Å²) in [6.07, 6.45) is 1.74. The largest absolute Gasteiger partial charge is 0.369 e. The summed E-state index contributed by atoms with van der Waals surface area (Å²) in [4.78, 5) is 18.9. The van der Waals surface area contributed by atoms with Crippen LogP contribution in [0.15, 0.2) is 72.9 Å². The fourth-order valence-electron chi connectivity index (χ4n) is 2.84. The monoisotopic (exact) mass is 359 g/mol. The maximum absolute atomic E-state index is 12.4. The topological polar surface area (TPSA) is 45.2 Å². The second-order valence-electron chi connectivity index (χ2n) is 6.97. The number of anilines is 2. The van der Waals surface area contributed by atoms with Gasteiger partial charge in [0.2, 0.25) is 0 Å². The van der Waals surface area contributed by atoms with Gasteiger partial charge in [0.15, 0.2) is 0 Å². The van der Waals surface area contributed by atoms with E-state index in [0.29, 0.717) is 11.6 Å². The molecule has 27 heavy (non-hydrogen) atoms. The summed E-state index contributed by atoms with van der Waals surface area (Å²) in [5, 5.41) is 2.90. The molecular weight excluding hydrogens is 334 g/mol. The Labute approximate surface area is 160 Å². The number of pyridine rings is 1. The number of rotatable bonds is 6. The molecule has 0 unspecified atom stereocenters. The van der Waals surface area contributed by atoms with Gasteiger partial charge in [-0.05, 0) is 41.3 Å². The van der Waals surface area contributed by atoms with E-state index in [0.717, 1.165) is 17.9 Å². The zero-order chi connectivity index (χ0) is 19.2. The van der Waals surface area contributed by atoms with Crippen molar-refractivity contribution in [2.75, 3.05) is 17.3 Å². The first-order valence-electron chi connectivity index (χ1n) is 9.15. The van der Waals surface area contributed by atoms with Gasteiger partial charge in [0.25, 0.3) is 5.91 Å². The molecule has 0 fully saturated rings. The van der Waals surface area contributed by atoms with Crippen molar-refractivity contribution in [2.24, 2.45) is 0 Å². The molecule has 0 saturated carbocycles. The van der Waals surface area contributed by atoms with Gasteiger partial charge in [-0.15, -0.1) is 0 Å². The SMILES string of the molecule is CC(C)c1ccc(NC(=O)c2ccc(N(C)Cc3ccccc3)cn2)cc1. The number of carbonyl (C=O) groups excluding carboxylic acids is 1. The van der Waals surface area contributed by atoms with Crippen molar-refractivity contribution in [3.63, 3.8) is 0 Å². The number of hydrogen-bond acceptors (Lipinski definition) is 3. The second kappa shape index (κ2) is 8.49. The minimum absolute atomic E-state index is 0.204. The standard InChI is InChI=1S/C23H25N3O/c1-17(2)19-9-11-20(12-10-19)25-23(27)22-14-13-21(15-24-22)26(3)16-18-7-5-4-6-8-18/h4-15,17H,16H2,1-3H3,(H,25,27). The van der Waals surface area contributed by atoms with Crippen molar-refractivity contribution in [3.05, 3.63) is 89.7 Å². The van der Waals surface area contributed by atoms with E-state index < -0.39 is 0 Å². The summed E-state index contributed by atoms with van der Waals surface area (Å²) in [5.74, 6) is 0.265. The lowest BCUT2D eigenvalue weighted by molar-refractivity contribution is 0.102. The summed E-state index contributed by atoms with van der Waals surface area (Å²) >= 11 is 0. The second-order valence-corrected chi connectivity index (χ2v) is 6.97. The number of nitrogens with one attached hydrogen (secondary N) is 1. The van der Waals surface area contributed by atoms with E-state index in [2.05, 4.69) is 41.2 Å². The molecule has 0 aliphatic heterocycles. The smallest absolute Gasteiger partial charge is 0.274 e. The van der Waals surface area contributed by atoms with Crippen LogP contribution in [0.2, 0.25) is 0 Å². The zero-order valence-electron chi connectivity index (χ0n) is 16.0. The van der Waals surface area contributed by atoms with Crippen molar-refractivity contribution in [2.45, 2.75) is 26.3 Å². The molecule has 1 N–H and O–H groups in total. The lowest BCUT2D eigenvalue weighted by Crippen LogP contribution is -2.18. The highest BCUT2D eigenvalue weighted by Gasteiger charge is 2.10. The Hall–Kier alpha value is -3.14. The van der Waals surface area contributed by atoms with Crippen LogP contribution in [0.1, 0.15) is 41.4 Å². The van der Waals surface area contributed by atoms with Gasteiger partial charge in [-0.25, -0.2) is 4.98 Å². The molecule has 2 aromatic carbocycles. The Bertz CT molecular complexity index is 872. The van der Waals surface area contributed by atoms with Gasteiger partial charge in [-0.3, -0.25) is 4.79 Å². The van der Waals surface area contributed by atoms with Crippen molar-refractivity contribution < 1.29 is 4.79 Å². The Balaban J connectivity index is 1.63. The van der Waals surface area contributed by atoms with Gasteiger partial charge < -0.3 is 10.2 Å². The van der Waals surface area contributed by atoms with Crippen LogP contribution in [0.25, 0.3) is 0 Å². The van der Waals surface area contributed by atoms with Gasteiger partial charge in [0.1, 0.15) is 5.69 Å². The van der Waals surface area contributed by atoms with Crippen LogP contribution < -0.4 is 10.2 Å². The van der Waals surface area contributed by atoms with Crippen LogP contribution in [-0.4, -0.2) is 17.9 Å². The molecule has 1 amide bonds. The highest BCUT2D eigenvalue weighted by Crippen LogP contribution is 2.18. The molecule has 0 saturated heterocycles. The molecule has 1 aromatic heterocycles. The normalized spacial score (nSPS) is 10.7. The maximum atomic E-state index is 12.4. The number of amides is 1. The third kappa shape index (κ3) is 4.94. The maximum Gasteiger partial charge on any atom is 0.274 e. The highest BCUT2D eigenvalue weighted by atomic mass is 16.1. The molecule has 0 radical (unpaired) electrons. The molecule has 1 heterocycles. The van der Waals surface area contributed by atoms with Crippen molar-refractivity contribution in [1.82, 2.24) is 4.98 Å². The third-order valence-corrected chi connectivity index (χ3v) is 4.52. The number of benzene rings is 2. The van der Waals surface area contributed by atoms with E-state index in [4.69, 9.17) is 0 Å². The number of carbonyl (C=O) groups is 1. The predicted octanol–water partition coefficient (Wildman–Crippen LogP) is 5.09. The van der Waals surface area contributed by atoms with Gasteiger partial charge >= 0.3 is 0 Å².